The monoisotopic (exact) mass is 265 g/mol. The first-order valence-corrected chi connectivity index (χ1v) is 6.48. The number of rotatable bonds is 6. The highest BCUT2D eigenvalue weighted by atomic mass is 16.5. The summed E-state index contributed by atoms with van der Waals surface area (Å²) in [6.07, 6.45) is 0. The molecule has 0 bridgehead atoms. The number of pyridine rings is 1. The first kappa shape index (κ1) is 15.4. The van der Waals surface area contributed by atoms with Crippen LogP contribution in [0.5, 0.6) is 0 Å². The predicted molar refractivity (Wildman–Crippen MR) is 76.6 cm³/mol. The van der Waals surface area contributed by atoms with E-state index in [1.807, 2.05) is 20.8 Å². The number of hydrogen-bond donors (Lipinski definition) is 1. The van der Waals surface area contributed by atoms with Crippen LogP contribution >= 0.6 is 0 Å². The summed E-state index contributed by atoms with van der Waals surface area (Å²) >= 11 is 0. The Morgan fingerprint density at radius 1 is 1.53 bits per heavy atom. The van der Waals surface area contributed by atoms with Gasteiger partial charge in [0.15, 0.2) is 0 Å². The lowest BCUT2D eigenvalue weighted by Crippen LogP contribution is -2.37. The Balaban J connectivity index is 2.92. The fourth-order valence-corrected chi connectivity index (χ4v) is 1.82. The molecule has 1 aromatic rings. The molecule has 0 aromatic carbocycles. The fraction of sp³-hybridized carbons (Fsp3) is 0.571. The summed E-state index contributed by atoms with van der Waals surface area (Å²) in [5.41, 5.74) is 1.48. The van der Waals surface area contributed by atoms with E-state index in [-0.39, 0.29) is 11.9 Å². The highest BCUT2D eigenvalue weighted by molar-refractivity contribution is 5.95. The van der Waals surface area contributed by atoms with E-state index in [2.05, 4.69) is 10.3 Å². The number of ether oxygens (including phenoxy) is 1. The Labute approximate surface area is 115 Å². The number of hydrogen-bond acceptors (Lipinski definition) is 4. The summed E-state index contributed by atoms with van der Waals surface area (Å²) in [7, 11) is 3.42. The number of methoxy groups -OCH3 is 1. The molecule has 1 aromatic heterocycles. The maximum Gasteiger partial charge on any atom is 0.254 e. The molecule has 1 unspecified atom stereocenters. The van der Waals surface area contributed by atoms with Gasteiger partial charge in [-0.1, -0.05) is 0 Å². The number of aromatic nitrogens is 1. The molecule has 0 aliphatic rings. The topological polar surface area (TPSA) is 54.5 Å². The number of nitrogens with zero attached hydrogens (tertiary/aromatic N) is 2. The van der Waals surface area contributed by atoms with Crippen molar-refractivity contribution < 1.29 is 9.53 Å². The van der Waals surface area contributed by atoms with Gasteiger partial charge in [0.05, 0.1) is 12.6 Å². The van der Waals surface area contributed by atoms with Gasteiger partial charge in [-0.15, -0.1) is 0 Å². The number of nitrogens with one attached hydrogen (secondary N) is 1. The van der Waals surface area contributed by atoms with Crippen molar-refractivity contribution in [3.05, 3.63) is 23.4 Å². The summed E-state index contributed by atoms with van der Waals surface area (Å²) in [6, 6.07) is 3.63. The minimum absolute atomic E-state index is 0.0193. The lowest BCUT2D eigenvalue weighted by atomic mass is 10.1. The number of anilines is 1. The average Bonchev–Trinajstić information content (AvgIpc) is 2.37. The third kappa shape index (κ3) is 4.21. The van der Waals surface area contributed by atoms with Gasteiger partial charge in [0.25, 0.3) is 5.91 Å². The van der Waals surface area contributed by atoms with Crippen LogP contribution in [-0.2, 0) is 4.74 Å². The zero-order valence-electron chi connectivity index (χ0n) is 12.4. The highest BCUT2D eigenvalue weighted by Crippen LogP contribution is 2.13. The second-order valence-electron chi connectivity index (χ2n) is 4.63. The predicted octanol–water partition coefficient (Wildman–Crippen LogP) is 1.93. The Morgan fingerprint density at radius 3 is 2.79 bits per heavy atom. The number of amides is 1. The summed E-state index contributed by atoms with van der Waals surface area (Å²) in [5.74, 6) is 0.716. The van der Waals surface area contributed by atoms with E-state index in [1.165, 1.54) is 0 Å². The SMILES string of the molecule is CCNc1cc(C(=O)N(C)C(C)COC)cc(C)n1. The molecule has 0 fully saturated rings. The molecule has 0 saturated heterocycles. The Morgan fingerprint density at radius 2 is 2.21 bits per heavy atom. The van der Waals surface area contributed by atoms with Crippen LogP contribution in [0.25, 0.3) is 0 Å². The molecule has 5 heteroatoms. The molecule has 0 aliphatic carbocycles. The standard InChI is InChI=1S/C14H23N3O2/c1-6-15-13-8-12(7-10(2)16-13)14(18)17(4)11(3)9-19-5/h7-8,11H,6,9H2,1-5H3,(H,15,16). The van der Waals surface area contributed by atoms with Gasteiger partial charge in [0.1, 0.15) is 5.82 Å². The van der Waals surface area contributed by atoms with Crippen LogP contribution in [0.4, 0.5) is 5.82 Å². The van der Waals surface area contributed by atoms with Gasteiger partial charge >= 0.3 is 0 Å². The first-order valence-electron chi connectivity index (χ1n) is 6.48. The summed E-state index contributed by atoms with van der Waals surface area (Å²) in [5, 5.41) is 3.13. The molecule has 5 nitrogen and oxygen atoms in total. The molecule has 0 aliphatic heterocycles. The van der Waals surface area contributed by atoms with Crippen molar-refractivity contribution in [2.24, 2.45) is 0 Å². The van der Waals surface area contributed by atoms with E-state index in [4.69, 9.17) is 4.74 Å². The molecule has 1 rings (SSSR count). The fourth-order valence-electron chi connectivity index (χ4n) is 1.82. The van der Waals surface area contributed by atoms with Crippen molar-refractivity contribution in [3.63, 3.8) is 0 Å². The molecule has 19 heavy (non-hydrogen) atoms. The summed E-state index contributed by atoms with van der Waals surface area (Å²) in [4.78, 5) is 18.4. The molecule has 0 spiro atoms. The summed E-state index contributed by atoms with van der Waals surface area (Å²) in [6.45, 7) is 7.14. The van der Waals surface area contributed by atoms with Crippen molar-refractivity contribution in [2.75, 3.05) is 32.6 Å². The van der Waals surface area contributed by atoms with Crippen LogP contribution in [0.15, 0.2) is 12.1 Å². The van der Waals surface area contributed by atoms with Gasteiger partial charge in [-0.25, -0.2) is 4.98 Å². The Bertz CT molecular complexity index is 435. The van der Waals surface area contributed by atoms with E-state index in [0.717, 1.165) is 18.1 Å². The zero-order chi connectivity index (χ0) is 14.4. The highest BCUT2D eigenvalue weighted by Gasteiger charge is 2.18. The lowest BCUT2D eigenvalue weighted by Gasteiger charge is -2.24. The molecule has 1 amide bonds. The molecular formula is C14H23N3O2. The van der Waals surface area contributed by atoms with Crippen LogP contribution in [0.3, 0.4) is 0 Å². The van der Waals surface area contributed by atoms with Crippen LogP contribution in [0.1, 0.15) is 29.9 Å². The summed E-state index contributed by atoms with van der Waals surface area (Å²) < 4.78 is 5.08. The van der Waals surface area contributed by atoms with Gasteiger partial charge < -0.3 is 15.0 Å². The smallest absolute Gasteiger partial charge is 0.254 e. The van der Waals surface area contributed by atoms with Gasteiger partial charge in [-0.2, -0.15) is 0 Å². The molecular weight excluding hydrogens is 242 g/mol. The van der Waals surface area contributed by atoms with E-state index >= 15 is 0 Å². The maximum absolute atomic E-state index is 12.4. The van der Waals surface area contributed by atoms with E-state index in [1.54, 1.807) is 31.2 Å². The average molecular weight is 265 g/mol. The van der Waals surface area contributed by atoms with Crippen molar-refractivity contribution in [2.45, 2.75) is 26.8 Å². The van der Waals surface area contributed by atoms with Gasteiger partial charge in [-0.3, -0.25) is 4.79 Å². The first-order chi connectivity index (χ1) is 8.99. The largest absolute Gasteiger partial charge is 0.383 e. The van der Waals surface area contributed by atoms with Gasteiger partial charge in [0, 0.05) is 32.0 Å². The number of carbonyl (C=O) groups is 1. The van der Waals surface area contributed by atoms with E-state index in [0.29, 0.717) is 12.2 Å². The quantitative estimate of drug-likeness (QED) is 0.854. The maximum atomic E-state index is 12.4. The lowest BCUT2D eigenvalue weighted by molar-refractivity contribution is 0.0633. The van der Waals surface area contributed by atoms with Crippen LogP contribution in [0, 0.1) is 6.92 Å². The van der Waals surface area contributed by atoms with Crippen molar-refractivity contribution in [3.8, 4) is 0 Å². The van der Waals surface area contributed by atoms with Crippen molar-refractivity contribution >= 4 is 11.7 Å². The third-order valence-electron chi connectivity index (χ3n) is 2.95. The van der Waals surface area contributed by atoms with E-state index in [9.17, 15) is 4.79 Å². The molecule has 0 radical (unpaired) electrons. The van der Waals surface area contributed by atoms with E-state index < -0.39 is 0 Å². The molecule has 1 N–H and O–H groups in total. The minimum Gasteiger partial charge on any atom is -0.383 e. The number of carbonyl (C=O) groups excluding carboxylic acids is 1. The second kappa shape index (κ2) is 7.09. The van der Waals surface area contributed by atoms with Gasteiger partial charge in [-0.05, 0) is 32.9 Å². The van der Waals surface area contributed by atoms with Crippen molar-refractivity contribution in [1.82, 2.24) is 9.88 Å². The van der Waals surface area contributed by atoms with Crippen LogP contribution in [0.2, 0.25) is 0 Å². The minimum atomic E-state index is -0.0193. The second-order valence-corrected chi connectivity index (χ2v) is 4.63. The Kier molecular flexibility index (Phi) is 5.76. The molecule has 1 heterocycles. The number of likely N-dealkylation sites (N-methyl/N-ethyl adjacent to an activating group) is 1. The molecule has 106 valence electrons. The third-order valence-corrected chi connectivity index (χ3v) is 2.95. The zero-order valence-corrected chi connectivity index (χ0v) is 12.4. The molecule has 0 saturated carbocycles. The van der Waals surface area contributed by atoms with Crippen molar-refractivity contribution in [1.29, 1.82) is 0 Å². The van der Waals surface area contributed by atoms with Crippen LogP contribution < -0.4 is 5.32 Å². The Hall–Kier alpha value is -1.62. The normalized spacial score (nSPS) is 12.1. The number of aryl methyl sites for hydroxylation is 1. The van der Waals surface area contributed by atoms with Crippen LogP contribution in [-0.4, -0.2) is 49.1 Å². The van der Waals surface area contributed by atoms with Gasteiger partial charge in [0.2, 0.25) is 0 Å². The molecule has 1 atom stereocenters.